The van der Waals surface area contributed by atoms with E-state index in [2.05, 4.69) is 15.4 Å². The molecule has 1 atom stereocenters. The van der Waals surface area contributed by atoms with Gasteiger partial charge in [0.15, 0.2) is 6.61 Å². The molecule has 3 N–H and O–H groups in total. The molecule has 9 nitrogen and oxygen atoms in total. The van der Waals surface area contributed by atoms with Crippen molar-refractivity contribution in [3.05, 3.63) is 95.6 Å². The fourth-order valence-corrected chi connectivity index (χ4v) is 3.81. The van der Waals surface area contributed by atoms with Crippen molar-refractivity contribution in [3.63, 3.8) is 0 Å². The summed E-state index contributed by atoms with van der Waals surface area (Å²) in [7, 11) is -3.62. The Hall–Kier alpha value is -4.18. The topological polar surface area (TPSA) is 131 Å². The normalized spacial score (nSPS) is 11.7. The molecule has 3 aromatic carbocycles. The van der Waals surface area contributed by atoms with Gasteiger partial charge >= 0.3 is 5.97 Å². The van der Waals surface area contributed by atoms with Gasteiger partial charge in [0.1, 0.15) is 0 Å². The zero-order valence-electron chi connectivity index (χ0n) is 19.1. The molecule has 0 aliphatic rings. The van der Waals surface area contributed by atoms with Gasteiger partial charge in [-0.15, -0.1) is 0 Å². The van der Waals surface area contributed by atoms with E-state index in [4.69, 9.17) is 4.74 Å². The zero-order valence-corrected chi connectivity index (χ0v) is 20.0. The van der Waals surface area contributed by atoms with Crippen molar-refractivity contribution >= 4 is 39.2 Å². The van der Waals surface area contributed by atoms with Gasteiger partial charge in [-0.3, -0.25) is 14.3 Å². The lowest BCUT2D eigenvalue weighted by Gasteiger charge is -2.16. The van der Waals surface area contributed by atoms with E-state index in [9.17, 15) is 22.8 Å². The van der Waals surface area contributed by atoms with Crippen molar-refractivity contribution in [1.82, 2.24) is 5.32 Å². The predicted octanol–water partition coefficient (Wildman–Crippen LogP) is 3.34. The van der Waals surface area contributed by atoms with Crippen LogP contribution in [0, 0.1) is 0 Å². The Bertz CT molecular complexity index is 1330. The molecular formula is C25H25N3O6S. The van der Waals surface area contributed by atoms with Crippen molar-refractivity contribution < 1.29 is 27.5 Å². The maximum atomic E-state index is 12.8. The summed E-state index contributed by atoms with van der Waals surface area (Å²) in [6, 6.07) is 21.5. The summed E-state index contributed by atoms with van der Waals surface area (Å²) in [6.45, 7) is 1.22. The van der Waals surface area contributed by atoms with Crippen molar-refractivity contribution in [2.45, 2.75) is 13.0 Å². The van der Waals surface area contributed by atoms with Gasteiger partial charge in [0, 0.05) is 0 Å². The first kappa shape index (κ1) is 25.4. The van der Waals surface area contributed by atoms with Crippen LogP contribution in [0.3, 0.4) is 0 Å². The summed E-state index contributed by atoms with van der Waals surface area (Å²) in [5.74, 6) is -1.92. The molecule has 0 saturated heterocycles. The SMILES string of the molecule is C[C@H](NC(=O)c1ccccc1NC(=O)COC(=O)c1ccccc1NS(C)(=O)=O)c1ccccc1. The van der Waals surface area contributed by atoms with Gasteiger partial charge in [0.2, 0.25) is 10.0 Å². The van der Waals surface area contributed by atoms with Crippen LogP contribution < -0.4 is 15.4 Å². The number of anilines is 2. The average molecular weight is 496 g/mol. The first-order valence-corrected chi connectivity index (χ1v) is 12.5. The molecule has 3 rings (SSSR count). The minimum Gasteiger partial charge on any atom is -0.452 e. The summed E-state index contributed by atoms with van der Waals surface area (Å²) in [4.78, 5) is 37.7. The fourth-order valence-electron chi connectivity index (χ4n) is 3.23. The van der Waals surface area contributed by atoms with Crippen molar-refractivity contribution in [2.75, 3.05) is 22.9 Å². The molecule has 0 bridgehead atoms. The molecule has 182 valence electrons. The van der Waals surface area contributed by atoms with Crippen LogP contribution >= 0.6 is 0 Å². The van der Waals surface area contributed by atoms with E-state index in [1.165, 1.54) is 18.2 Å². The Morgan fingerprint density at radius 1 is 0.829 bits per heavy atom. The van der Waals surface area contributed by atoms with Crippen LogP contribution in [0.25, 0.3) is 0 Å². The predicted molar refractivity (Wildman–Crippen MR) is 133 cm³/mol. The highest BCUT2D eigenvalue weighted by Gasteiger charge is 2.19. The smallest absolute Gasteiger partial charge is 0.340 e. The summed E-state index contributed by atoms with van der Waals surface area (Å²) < 4.78 is 30.3. The van der Waals surface area contributed by atoms with Gasteiger partial charge < -0.3 is 15.4 Å². The number of ether oxygens (including phenoxy) is 1. The lowest BCUT2D eigenvalue weighted by Crippen LogP contribution is -2.28. The van der Waals surface area contributed by atoms with E-state index >= 15 is 0 Å². The van der Waals surface area contributed by atoms with Crippen LogP contribution in [0.1, 0.15) is 39.2 Å². The number of hydrogen-bond donors (Lipinski definition) is 3. The highest BCUT2D eigenvalue weighted by atomic mass is 32.2. The first-order chi connectivity index (χ1) is 16.6. The van der Waals surface area contributed by atoms with Crippen molar-refractivity contribution in [2.24, 2.45) is 0 Å². The fraction of sp³-hybridized carbons (Fsp3) is 0.160. The summed E-state index contributed by atoms with van der Waals surface area (Å²) in [5.41, 5.74) is 1.43. The number of nitrogens with one attached hydrogen (secondary N) is 3. The van der Waals surface area contributed by atoms with Crippen LogP contribution in [0.4, 0.5) is 11.4 Å². The molecule has 35 heavy (non-hydrogen) atoms. The number of benzene rings is 3. The van der Waals surface area contributed by atoms with E-state index < -0.39 is 28.5 Å². The Kier molecular flexibility index (Phi) is 8.21. The van der Waals surface area contributed by atoms with Gasteiger partial charge in [0.25, 0.3) is 11.8 Å². The highest BCUT2D eigenvalue weighted by Crippen LogP contribution is 2.19. The monoisotopic (exact) mass is 495 g/mol. The molecule has 0 heterocycles. The highest BCUT2D eigenvalue weighted by molar-refractivity contribution is 7.92. The molecule has 0 fully saturated rings. The zero-order chi connectivity index (χ0) is 25.4. The van der Waals surface area contributed by atoms with Crippen LogP contribution in [0.5, 0.6) is 0 Å². The number of sulfonamides is 1. The third-order valence-electron chi connectivity index (χ3n) is 4.87. The Balaban J connectivity index is 1.63. The van der Waals surface area contributed by atoms with Crippen molar-refractivity contribution in [3.8, 4) is 0 Å². The number of para-hydroxylation sites is 2. The number of rotatable bonds is 9. The molecule has 0 unspecified atom stereocenters. The summed E-state index contributed by atoms with van der Waals surface area (Å²) >= 11 is 0. The van der Waals surface area contributed by atoms with Gasteiger partial charge in [-0.05, 0) is 36.8 Å². The van der Waals surface area contributed by atoms with Gasteiger partial charge in [-0.1, -0.05) is 54.6 Å². The standard InChI is InChI=1S/C25H25N3O6S/c1-17(18-10-4-3-5-11-18)26-24(30)19-12-6-8-14-21(19)27-23(29)16-34-25(31)20-13-7-9-15-22(20)28-35(2,32)33/h3-15,17,28H,16H2,1-2H3,(H,26,30)(H,27,29)/t17-/m0/s1. The molecule has 10 heteroatoms. The second kappa shape index (κ2) is 11.3. The number of esters is 1. The van der Waals surface area contributed by atoms with Crippen LogP contribution in [-0.4, -0.2) is 39.1 Å². The Labute approximate surface area is 203 Å². The quantitative estimate of drug-likeness (QED) is 0.390. The van der Waals surface area contributed by atoms with E-state index in [1.807, 2.05) is 37.3 Å². The molecule has 0 saturated carbocycles. The van der Waals surface area contributed by atoms with E-state index in [0.717, 1.165) is 11.8 Å². The number of carbonyl (C=O) groups excluding carboxylic acids is 3. The maximum absolute atomic E-state index is 12.8. The summed E-state index contributed by atoms with van der Waals surface area (Å²) in [6.07, 6.45) is 0.955. The molecule has 0 spiro atoms. The number of carbonyl (C=O) groups is 3. The van der Waals surface area contributed by atoms with E-state index in [0.29, 0.717) is 0 Å². The third kappa shape index (κ3) is 7.41. The Morgan fingerprint density at radius 3 is 2.06 bits per heavy atom. The first-order valence-electron chi connectivity index (χ1n) is 10.6. The number of hydrogen-bond acceptors (Lipinski definition) is 6. The number of amides is 2. The van der Waals surface area contributed by atoms with Crippen molar-refractivity contribution in [1.29, 1.82) is 0 Å². The average Bonchev–Trinajstić information content (AvgIpc) is 2.82. The lowest BCUT2D eigenvalue weighted by molar-refractivity contribution is -0.119. The molecule has 0 radical (unpaired) electrons. The minimum absolute atomic E-state index is 0.0370. The maximum Gasteiger partial charge on any atom is 0.340 e. The molecule has 0 aromatic heterocycles. The molecule has 2 amide bonds. The summed E-state index contributed by atoms with van der Waals surface area (Å²) in [5, 5.41) is 5.47. The molecule has 0 aliphatic heterocycles. The second-order valence-corrected chi connectivity index (χ2v) is 9.44. The van der Waals surface area contributed by atoms with Crippen LogP contribution in [0.2, 0.25) is 0 Å². The molecular weight excluding hydrogens is 470 g/mol. The third-order valence-corrected chi connectivity index (χ3v) is 5.46. The van der Waals surface area contributed by atoms with Gasteiger partial charge in [-0.25, -0.2) is 13.2 Å². The Morgan fingerprint density at radius 2 is 1.40 bits per heavy atom. The lowest BCUT2D eigenvalue weighted by atomic mass is 10.1. The van der Waals surface area contributed by atoms with Gasteiger partial charge in [-0.2, -0.15) is 0 Å². The minimum atomic E-state index is -3.62. The molecule has 3 aromatic rings. The largest absolute Gasteiger partial charge is 0.452 e. The van der Waals surface area contributed by atoms with E-state index in [-0.39, 0.29) is 34.5 Å². The van der Waals surface area contributed by atoms with Crippen LogP contribution in [0.15, 0.2) is 78.9 Å². The van der Waals surface area contributed by atoms with Crippen LogP contribution in [-0.2, 0) is 19.6 Å². The van der Waals surface area contributed by atoms with E-state index in [1.54, 1.807) is 30.3 Å². The molecule has 0 aliphatic carbocycles. The second-order valence-electron chi connectivity index (χ2n) is 7.70. The van der Waals surface area contributed by atoms with Gasteiger partial charge in [0.05, 0.1) is 34.8 Å².